The highest BCUT2D eigenvalue weighted by Crippen LogP contribution is 2.22. The molecule has 0 unspecified atom stereocenters. The van der Waals surface area contributed by atoms with Crippen molar-refractivity contribution in [2.24, 2.45) is 26.9 Å². The third-order valence-corrected chi connectivity index (χ3v) is 4.40. The first-order valence-corrected chi connectivity index (χ1v) is 11.2. The molecule has 0 radical (unpaired) electrons. The normalized spacial score (nSPS) is 13.0. The minimum absolute atomic E-state index is 0.0197. The fourth-order valence-corrected chi connectivity index (χ4v) is 2.77. The van der Waals surface area contributed by atoms with Gasteiger partial charge < -0.3 is 21.5 Å². The van der Waals surface area contributed by atoms with Gasteiger partial charge in [0.15, 0.2) is 0 Å². The Hall–Kier alpha value is -2.58. The number of nitrogens with two attached hydrogens (primary N) is 2. The monoisotopic (exact) mass is 452 g/mol. The van der Waals surface area contributed by atoms with Crippen LogP contribution < -0.4 is 16.8 Å². The summed E-state index contributed by atoms with van der Waals surface area (Å²) in [4.78, 5) is 33.7. The maximum absolute atomic E-state index is 12.6. The lowest BCUT2D eigenvalue weighted by atomic mass is 9.89. The zero-order valence-electron chi connectivity index (χ0n) is 21.1. The minimum atomic E-state index is -0.653. The molecule has 0 aliphatic heterocycles. The van der Waals surface area contributed by atoms with E-state index in [1.54, 1.807) is 6.92 Å². The number of ether oxygens (including phenoxy) is 1. The SMILES string of the molecule is C=C(C)C(=O)OCCNC(=O)N(C(N)=NC(N)=NCCCCCCC(C)(C)C)C(C)(C)C. The molecule has 0 aliphatic rings. The maximum Gasteiger partial charge on any atom is 0.333 e. The molecule has 0 aromatic carbocycles. The molecular weight excluding hydrogens is 408 g/mol. The lowest BCUT2D eigenvalue weighted by Gasteiger charge is -2.34. The van der Waals surface area contributed by atoms with Crippen molar-refractivity contribution in [3.8, 4) is 0 Å². The van der Waals surface area contributed by atoms with Crippen molar-refractivity contribution >= 4 is 23.9 Å². The van der Waals surface area contributed by atoms with Crippen molar-refractivity contribution in [2.45, 2.75) is 86.1 Å². The van der Waals surface area contributed by atoms with Gasteiger partial charge in [0, 0.05) is 17.7 Å². The molecule has 32 heavy (non-hydrogen) atoms. The molecule has 0 fully saturated rings. The van der Waals surface area contributed by atoms with Crippen LogP contribution >= 0.6 is 0 Å². The van der Waals surface area contributed by atoms with Gasteiger partial charge in [-0.3, -0.25) is 9.89 Å². The van der Waals surface area contributed by atoms with E-state index in [0.717, 1.165) is 19.3 Å². The number of nitrogens with zero attached hydrogens (tertiary/aromatic N) is 3. The van der Waals surface area contributed by atoms with Gasteiger partial charge in [0.2, 0.25) is 11.9 Å². The predicted molar refractivity (Wildman–Crippen MR) is 131 cm³/mol. The van der Waals surface area contributed by atoms with Crippen LogP contribution in [-0.4, -0.2) is 54.1 Å². The largest absolute Gasteiger partial charge is 0.460 e. The van der Waals surface area contributed by atoms with E-state index in [4.69, 9.17) is 16.2 Å². The molecule has 0 rings (SSSR count). The molecule has 0 saturated heterocycles. The number of nitrogens with one attached hydrogen (secondary N) is 1. The highest BCUT2D eigenvalue weighted by Gasteiger charge is 2.30. The van der Waals surface area contributed by atoms with Gasteiger partial charge in [-0.1, -0.05) is 46.6 Å². The summed E-state index contributed by atoms with van der Waals surface area (Å²) < 4.78 is 4.97. The van der Waals surface area contributed by atoms with Gasteiger partial charge in [0.1, 0.15) is 6.61 Å². The van der Waals surface area contributed by atoms with E-state index in [2.05, 4.69) is 42.7 Å². The Morgan fingerprint density at radius 2 is 1.62 bits per heavy atom. The van der Waals surface area contributed by atoms with Gasteiger partial charge in [-0.25, -0.2) is 9.59 Å². The van der Waals surface area contributed by atoms with Crippen molar-refractivity contribution in [1.82, 2.24) is 10.2 Å². The van der Waals surface area contributed by atoms with Crippen LogP contribution in [0.25, 0.3) is 0 Å². The molecule has 0 heterocycles. The van der Waals surface area contributed by atoms with E-state index >= 15 is 0 Å². The number of aliphatic imine (C=N–C) groups is 2. The third kappa shape index (κ3) is 13.7. The molecule has 0 bridgehead atoms. The van der Waals surface area contributed by atoms with E-state index in [1.807, 2.05) is 20.8 Å². The summed E-state index contributed by atoms with van der Waals surface area (Å²) in [6, 6.07) is -0.475. The second-order valence-electron chi connectivity index (χ2n) is 10.1. The first-order chi connectivity index (χ1) is 14.6. The van der Waals surface area contributed by atoms with Gasteiger partial charge >= 0.3 is 12.0 Å². The van der Waals surface area contributed by atoms with Crippen molar-refractivity contribution in [3.63, 3.8) is 0 Å². The van der Waals surface area contributed by atoms with Crippen LogP contribution in [0.3, 0.4) is 0 Å². The first-order valence-electron chi connectivity index (χ1n) is 11.2. The molecule has 184 valence electrons. The van der Waals surface area contributed by atoms with Crippen LogP contribution in [0, 0.1) is 5.41 Å². The molecule has 0 aromatic rings. The van der Waals surface area contributed by atoms with Crippen molar-refractivity contribution in [1.29, 1.82) is 0 Å². The van der Waals surface area contributed by atoms with Crippen molar-refractivity contribution in [2.75, 3.05) is 19.7 Å². The van der Waals surface area contributed by atoms with Crippen LogP contribution in [0.1, 0.15) is 80.6 Å². The number of esters is 1. The van der Waals surface area contributed by atoms with Gasteiger partial charge in [-0.05, 0) is 46.0 Å². The Bertz CT molecular complexity index is 687. The smallest absolute Gasteiger partial charge is 0.333 e. The standard InChI is InChI=1S/C23H44N6O3/c1-17(2)18(30)32-16-15-27-21(31)29(23(6,7)8)20(25)28-19(24)26-14-12-10-9-11-13-22(3,4)5/h1,9-16H2,2-8H3,(H,27,31)(H4,24,25,26,28). The van der Waals surface area contributed by atoms with Gasteiger partial charge in [0.05, 0.1) is 6.54 Å². The molecule has 9 nitrogen and oxygen atoms in total. The number of carbonyl (C=O) groups excluding carboxylic acids is 2. The second kappa shape index (κ2) is 13.8. The number of unbranched alkanes of at least 4 members (excludes halogenated alkanes) is 3. The van der Waals surface area contributed by atoms with Crippen LogP contribution in [0.5, 0.6) is 0 Å². The molecular formula is C23H44N6O3. The number of guanidine groups is 2. The average molecular weight is 453 g/mol. The summed E-state index contributed by atoms with van der Waals surface area (Å²) in [5, 5.41) is 2.66. The van der Waals surface area contributed by atoms with E-state index in [1.165, 1.54) is 17.7 Å². The van der Waals surface area contributed by atoms with E-state index in [0.29, 0.717) is 17.5 Å². The molecule has 9 heteroatoms. The number of amides is 2. The highest BCUT2D eigenvalue weighted by molar-refractivity contribution is 6.01. The fourth-order valence-electron chi connectivity index (χ4n) is 2.77. The lowest BCUT2D eigenvalue weighted by molar-refractivity contribution is -0.138. The van der Waals surface area contributed by atoms with Gasteiger partial charge in [0.25, 0.3) is 0 Å². The maximum atomic E-state index is 12.6. The van der Waals surface area contributed by atoms with E-state index in [9.17, 15) is 9.59 Å². The molecule has 0 aromatic heterocycles. The van der Waals surface area contributed by atoms with Crippen LogP contribution in [0.2, 0.25) is 0 Å². The van der Waals surface area contributed by atoms with E-state index in [-0.39, 0.29) is 25.1 Å². The van der Waals surface area contributed by atoms with Crippen LogP contribution in [-0.2, 0) is 9.53 Å². The first kappa shape index (κ1) is 29.4. The molecule has 5 N–H and O–H groups in total. The summed E-state index contributed by atoms with van der Waals surface area (Å²) in [6.45, 7) is 18.0. The number of hydrogen-bond acceptors (Lipinski definition) is 4. The van der Waals surface area contributed by atoms with Crippen molar-refractivity contribution < 1.29 is 14.3 Å². The van der Waals surface area contributed by atoms with Crippen molar-refractivity contribution in [3.05, 3.63) is 12.2 Å². The molecule has 0 aliphatic carbocycles. The minimum Gasteiger partial charge on any atom is -0.460 e. The summed E-state index contributed by atoms with van der Waals surface area (Å²) in [7, 11) is 0. The molecule has 2 amide bonds. The Labute approximate surface area is 193 Å². The topological polar surface area (TPSA) is 135 Å². The Kier molecular flexibility index (Phi) is 12.6. The molecule has 0 atom stereocenters. The predicted octanol–water partition coefficient (Wildman–Crippen LogP) is 3.54. The van der Waals surface area contributed by atoms with Gasteiger partial charge in [-0.2, -0.15) is 4.99 Å². The Balaban J connectivity index is 4.71. The molecule has 0 saturated carbocycles. The van der Waals surface area contributed by atoms with Gasteiger partial charge in [-0.15, -0.1) is 0 Å². The summed E-state index contributed by atoms with van der Waals surface area (Å²) in [5.74, 6) is -0.527. The second-order valence-corrected chi connectivity index (χ2v) is 10.1. The summed E-state index contributed by atoms with van der Waals surface area (Å²) in [5.41, 5.74) is 12.0. The lowest BCUT2D eigenvalue weighted by Crippen LogP contribution is -2.57. The number of hydrogen-bond donors (Lipinski definition) is 3. The van der Waals surface area contributed by atoms with Crippen LogP contribution in [0.15, 0.2) is 22.1 Å². The van der Waals surface area contributed by atoms with E-state index < -0.39 is 17.5 Å². The third-order valence-electron chi connectivity index (χ3n) is 4.40. The number of rotatable bonds is 10. The zero-order chi connectivity index (χ0) is 24.9. The number of urea groups is 1. The molecule has 0 spiro atoms. The Morgan fingerprint density at radius 3 is 2.16 bits per heavy atom. The fraction of sp³-hybridized carbons (Fsp3) is 0.739. The number of carbonyl (C=O) groups is 2. The Morgan fingerprint density at radius 1 is 1.03 bits per heavy atom. The summed E-state index contributed by atoms with van der Waals surface area (Å²) >= 11 is 0. The summed E-state index contributed by atoms with van der Waals surface area (Å²) in [6.07, 6.45) is 5.58. The van der Waals surface area contributed by atoms with Crippen LogP contribution in [0.4, 0.5) is 4.79 Å². The zero-order valence-corrected chi connectivity index (χ0v) is 21.1. The quantitative estimate of drug-likeness (QED) is 0.153. The highest BCUT2D eigenvalue weighted by atomic mass is 16.5. The average Bonchev–Trinajstić information content (AvgIpc) is 2.61.